The van der Waals surface area contributed by atoms with Crippen LogP contribution in [0.4, 0.5) is 13.2 Å². The number of alkyl halides is 3. The lowest BCUT2D eigenvalue weighted by atomic mass is 10.1. The monoisotopic (exact) mass is 515 g/mol. The average Bonchev–Trinajstić information content (AvgIpc) is 3.63. The summed E-state index contributed by atoms with van der Waals surface area (Å²) in [5.74, 6) is -0.495. The van der Waals surface area contributed by atoms with Gasteiger partial charge in [0, 0.05) is 6.20 Å². The first kappa shape index (κ1) is 25.9. The molecule has 2 heterocycles. The predicted molar refractivity (Wildman–Crippen MR) is 125 cm³/mol. The van der Waals surface area contributed by atoms with Crippen LogP contribution in [0.25, 0.3) is 0 Å². The molecule has 1 saturated carbocycles. The number of hydrogen-bond donors (Lipinski definition) is 2. The highest BCUT2D eigenvalue weighted by Gasteiger charge is 2.51. The first-order valence-electron chi connectivity index (χ1n) is 11.3. The molecule has 0 saturated heterocycles. The highest BCUT2D eigenvalue weighted by atomic mass is 19.4. The highest BCUT2D eigenvalue weighted by molar-refractivity contribution is 6.01. The number of hydrogen-bond acceptors (Lipinski definition) is 7. The molecule has 2 aromatic heterocycles. The van der Waals surface area contributed by atoms with E-state index in [-0.39, 0.29) is 24.0 Å². The lowest BCUT2D eigenvalue weighted by Crippen LogP contribution is -2.49. The molecule has 12 heteroatoms. The van der Waals surface area contributed by atoms with Crippen LogP contribution in [0.2, 0.25) is 0 Å². The number of amides is 2. The fourth-order valence-electron chi connectivity index (χ4n) is 3.61. The van der Waals surface area contributed by atoms with Crippen LogP contribution in [-0.2, 0) is 17.5 Å². The Morgan fingerprint density at radius 2 is 1.78 bits per heavy atom. The second-order valence-corrected chi connectivity index (χ2v) is 8.58. The van der Waals surface area contributed by atoms with Crippen LogP contribution in [0.1, 0.15) is 46.0 Å². The van der Waals surface area contributed by atoms with Crippen LogP contribution in [-0.4, -0.2) is 39.4 Å². The van der Waals surface area contributed by atoms with Crippen LogP contribution in [0.15, 0.2) is 42.7 Å². The normalized spacial score (nSPS) is 14.0. The van der Waals surface area contributed by atoms with Crippen molar-refractivity contribution in [3.63, 3.8) is 0 Å². The molecule has 0 radical (unpaired) electrons. The second kappa shape index (κ2) is 10.0. The Bertz CT molecular complexity index is 1320. The molecule has 1 aliphatic rings. The summed E-state index contributed by atoms with van der Waals surface area (Å²) in [6, 6.07) is 6.36. The minimum Gasteiger partial charge on any atom is -0.497 e. The number of benzene rings is 1. The van der Waals surface area contributed by atoms with E-state index in [4.69, 9.17) is 9.47 Å². The third-order valence-corrected chi connectivity index (χ3v) is 5.83. The first-order valence-corrected chi connectivity index (χ1v) is 11.3. The number of carbonyl (C=O) groups is 2. The summed E-state index contributed by atoms with van der Waals surface area (Å²) in [7, 11) is 1.27. The van der Waals surface area contributed by atoms with Crippen molar-refractivity contribution in [3.8, 4) is 17.2 Å². The van der Waals surface area contributed by atoms with Gasteiger partial charge in [0.15, 0.2) is 0 Å². The van der Waals surface area contributed by atoms with E-state index >= 15 is 0 Å². The van der Waals surface area contributed by atoms with E-state index in [1.807, 2.05) is 0 Å². The molecular formula is C25H24F3N5O4. The van der Waals surface area contributed by atoms with Crippen LogP contribution in [0, 0.1) is 13.8 Å². The molecule has 0 bridgehead atoms. The van der Waals surface area contributed by atoms with Gasteiger partial charge >= 0.3 is 6.18 Å². The van der Waals surface area contributed by atoms with Crippen molar-refractivity contribution in [3.05, 3.63) is 71.1 Å². The van der Waals surface area contributed by atoms with Crippen molar-refractivity contribution in [2.24, 2.45) is 0 Å². The molecule has 0 spiro atoms. The van der Waals surface area contributed by atoms with Crippen molar-refractivity contribution < 1.29 is 32.2 Å². The van der Waals surface area contributed by atoms with Gasteiger partial charge in [-0.1, -0.05) is 0 Å². The van der Waals surface area contributed by atoms with E-state index in [1.165, 1.54) is 43.8 Å². The van der Waals surface area contributed by atoms with Gasteiger partial charge in [0.05, 0.1) is 36.8 Å². The van der Waals surface area contributed by atoms with Gasteiger partial charge in [0.2, 0.25) is 5.91 Å². The molecular weight excluding hydrogens is 491 g/mol. The molecule has 2 N–H and O–H groups in total. The van der Waals surface area contributed by atoms with Gasteiger partial charge in [-0.25, -0.2) is 9.97 Å². The first-order chi connectivity index (χ1) is 17.5. The van der Waals surface area contributed by atoms with Gasteiger partial charge in [-0.2, -0.15) is 13.2 Å². The summed E-state index contributed by atoms with van der Waals surface area (Å²) < 4.78 is 50.5. The van der Waals surface area contributed by atoms with E-state index in [0.717, 1.165) is 6.07 Å². The number of carbonyl (C=O) groups excluding carboxylic acids is 2. The van der Waals surface area contributed by atoms with E-state index in [2.05, 4.69) is 25.6 Å². The third-order valence-electron chi connectivity index (χ3n) is 5.83. The third kappa shape index (κ3) is 5.96. The Morgan fingerprint density at radius 1 is 1.05 bits per heavy atom. The number of pyridine rings is 1. The van der Waals surface area contributed by atoms with Crippen LogP contribution < -0.4 is 20.1 Å². The minimum atomic E-state index is -4.64. The van der Waals surface area contributed by atoms with E-state index < -0.39 is 28.9 Å². The molecule has 1 aromatic carbocycles. The summed E-state index contributed by atoms with van der Waals surface area (Å²) in [4.78, 5) is 37.8. The Kier molecular flexibility index (Phi) is 7.01. The lowest BCUT2D eigenvalue weighted by Gasteiger charge is -2.18. The Balaban J connectivity index is 1.36. The maximum absolute atomic E-state index is 13.4. The molecule has 1 fully saturated rings. The van der Waals surface area contributed by atoms with Crippen molar-refractivity contribution in [2.75, 3.05) is 7.11 Å². The van der Waals surface area contributed by atoms with Gasteiger partial charge in [-0.05, 0) is 57.0 Å². The lowest BCUT2D eigenvalue weighted by molar-refractivity contribution is -0.138. The zero-order chi connectivity index (χ0) is 26.8. The smallest absolute Gasteiger partial charge is 0.420 e. The minimum absolute atomic E-state index is 0.0517. The molecule has 1 aliphatic carbocycles. The van der Waals surface area contributed by atoms with Crippen LogP contribution in [0.3, 0.4) is 0 Å². The van der Waals surface area contributed by atoms with E-state index in [0.29, 0.717) is 35.6 Å². The standard InChI is InChI=1S/C25H24F3N5O4/c1-14-19(13-29-15(2)32-14)22(34)33-24(8-9-24)23(35)31-11-16-4-5-18(12-30-16)37-21-7-6-17(36-3)10-20(21)25(26,27)28/h4-7,10,12-13H,8-9,11H2,1-3H3,(H,31,35)(H,33,34). The zero-order valence-electron chi connectivity index (χ0n) is 20.3. The number of aryl methyl sites for hydroxylation is 2. The quantitative estimate of drug-likeness (QED) is 0.468. The van der Waals surface area contributed by atoms with Crippen molar-refractivity contribution in [2.45, 2.75) is 44.9 Å². The number of aromatic nitrogens is 3. The molecule has 0 aliphatic heterocycles. The molecule has 37 heavy (non-hydrogen) atoms. The molecule has 4 rings (SSSR count). The number of ether oxygens (including phenoxy) is 2. The average molecular weight is 515 g/mol. The maximum Gasteiger partial charge on any atom is 0.420 e. The topological polar surface area (TPSA) is 115 Å². The number of nitrogens with zero attached hydrogens (tertiary/aromatic N) is 3. The fourth-order valence-corrected chi connectivity index (χ4v) is 3.61. The zero-order valence-corrected chi connectivity index (χ0v) is 20.3. The summed E-state index contributed by atoms with van der Waals surface area (Å²) in [5.41, 5.74) is -0.722. The number of halogens is 3. The van der Waals surface area contributed by atoms with Crippen molar-refractivity contribution in [1.29, 1.82) is 0 Å². The summed E-state index contributed by atoms with van der Waals surface area (Å²) >= 11 is 0. The van der Waals surface area contributed by atoms with Gasteiger partial charge in [0.25, 0.3) is 5.91 Å². The molecule has 3 aromatic rings. The van der Waals surface area contributed by atoms with Gasteiger partial charge in [-0.3, -0.25) is 14.6 Å². The summed E-state index contributed by atoms with van der Waals surface area (Å²) in [6.07, 6.45) is -0.973. The van der Waals surface area contributed by atoms with Crippen LogP contribution in [0.5, 0.6) is 17.2 Å². The fraction of sp³-hybridized carbons (Fsp3) is 0.320. The molecule has 9 nitrogen and oxygen atoms in total. The number of nitrogens with one attached hydrogen (secondary N) is 2. The van der Waals surface area contributed by atoms with Gasteiger partial charge < -0.3 is 20.1 Å². The van der Waals surface area contributed by atoms with Crippen molar-refractivity contribution in [1.82, 2.24) is 25.6 Å². The molecule has 194 valence electrons. The number of rotatable bonds is 8. The molecule has 0 atom stereocenters. The van der Waals surface area contributed by atoms with Gasteiger partial charge in [0.1, 0.15) is 34.2 Å². The second-order valence-electron chi connectivity index (χ2n) is 8.58. The molecule has 2 amide bonds. The van der Waals surface area contributed by atoms with Crippen molar-refractivity contribution >= 4 is 11.8 Å². The number of methoxy groups -OCH3 is 1. The van der Waals surface area contributed by atoms with Crippen LogP contribution >= 0.6 is 0 Å². The summed E-state index contributed by atoms with van der Waals surface area (Å²) in [5, 5.41) is 5.51. The Labute approximate surface area is 210 Å². The maximum atomic E-state index is 13.4. The van der Waals surface area contributed by atoms with E-state index in [9.17, 15) is 22.8 Å². The Hall–Kier alpha value is -4.22. The largest absolute Gasteiger partial charge is 0.497 e. The summed E-state index contributed by atoms with van der Waals surface area (Å²) in [6.45, 7) is 3.47. The van der Waals surface area contributed by atoms with Gasteiger partial charge in [-0.15, -0.1) is 0 Å². The SMILES string of the molecule is COc1ccc(Oc2ccc(CNC(=O)C3(NC(=O)c4cnc(C)nc4C)CC3)nc2)c(C(F)(F)F)c1. The van der Waals surface area contributed by atoms with E-state index in [1.54, 1.807) is 13.8 Å². The predicted octanol–water partition coefficient (Wildman–Crippen LogP) is 3.89. The Morgan fingerprint density at radius 3 is 2.38 bits per heavy atom. The molecule has 0 unspecified atom stereocenters. The highest BCUT2D eigenvalue weighted by Crippen LogP contribution is 2.40.